The molecule has 7 heteroatoms. The Balaban J connectivity index is 1.61. The van der Waals surface area contributed by atoms with E-state index in [1.807, 2.05) is 60.7 Å². The Labute approximate surface area is 201 Å². The van der Waals surface area contributed by atoms with E-state index < -0.39 is 0 Å². The van der Waals surface area contributed by atoms with Crippen LogP contribution in [-0.2, 0) is 4.79 Å². The highest BCUT2D eigenvalue weighted by atomic mass is 79.9. The number of hydrogen-bond donors (Lipinski definition) is 1. The quantitative estimate of drug-likeness (QED) is 0.464. The number of ether oxygens (including phenoxy) is 1. The number of amides is 1. The molecule has 1 aliphatic heterocycles. The van der Waals surface area contributed by atoms with Gasteiger partial charge in [0.2, 0.25) is 0 Å². The molecule has 1 aliphatic carbocycles. The lowest BCUT2D eigenvalue weighted by Crippen LogP contribution is -2.48. The van der Waals surface area contributed by atoms with Gasteiger partial charge in [0.15, 0.2) is 12.1 Å². The van der Waals surface area contributed by atoms with Crippen LogP contribution in [0.4, 0.5) is 5.69 Å². The smallest absolute Gasteiger partial charge is 0.262 e. The molecule has 4 rings (SSSR count). The third kappa shape index (κ3) is 5.13. The molecule has 1 amide bonds. The van der Waals surface area contributed by atoms with Crippen molar-refractivity contribution in [3.8, 4) is 11.8 Å². The lowest BCUT2D eigenvalue weighted by molar-refractivity contribution is -0.129. The van der Waals surface area contributed by atoms with E-state index in [9.17, 15) is 4.79 Å². The van der Waals surface area contributed by atoms with Crippen LogP contribution >= 0.6 is 27.7 Å². The number of para-hydroxylation sites is 1. The van der Waals surface area contributed by atoms with Crippen LogP contribution < -0.4 is 10.1 Å². The Hall–Kier alpha value is -2.43. The van der Waals surface area contributed by atoms with Gasteiger partial charge in [-0.05, 0) is 70.6 Å². The van der Waals surface area contributed by atoms with Crippen molar-refractivity contribution in [3.05, 3.63) is 63.5 Å². The summed E-state index contributed by atoms with van der Waals surface area (Å²) >= 11 is 5.08. The first-order valence-electron chi connectivity index (χ1n) is 10.9. The van der Waals surface area contributed by atoms with Gasteiger partial charge in [-0.15, -0.1) is 0 Å². The number of halogens is 1. The molecule has 2 fully saturated rings. The Bertz CT molecular complexity index is 1040. The summed E-state index contributed by atoms with van der Waals surface area (Å²) in [6, 6.07) is 17.9. The molecule has 32 heavy (non-hydrogen) atoms. The van der Waals surface area contributed by atoms with Gasteiger partial charge in [0.1, 0.15) is 11.8 Å². The monoisotopic (exact) mass is 511 g/mol. The fourth-order valence-corrected chi connectivity index (χ4v) is 6.08. The standard InChI is InChI=1S/C25H26BrN3O2S/c1-17-7-5-6-10-21(17)29-24(30)23(32-25(29)28-19-8-3-2-4-9-19)16-18-11-12-22(20(26)15-18)31-14-13-27/h2-4,8-9,11-12,15-17,21,25,28H,5-7,10,14H2,1H3/b23-16-/t17-,21+,25?/m0/s1. The maximum Gasteiger partial charge on any atom is 0.262 e. The molecule has 1 saturated heterocycles. The second-order valence-corrected chi connectivity index (χ2v) is 10.1. The Morgan fingerprint density at radius 3 is 2.75 bits per heavy atom. The summed E-state index contributed by atoms with van der Waals surface area (Å²) in [4.78, 5) is 16.4. The summed E-state index contributed by atoms with van der Waals surface area (Å²) in [6.07, 6.45) is 6.55. The van der Waals surface area contributed by atoms with Crippen molar-refractivity contribution >= 4 is 45.4 Å². The molecule has 0 bridgehead atoms. The minimum Gasteiger partial charge on any atom is -0.478 e. The molecule has 0 spiro atoms. The van der Waals surface area contributed by atoms with Gasteiger partial charge in [-0.1, -0.05) is 55.8 Å². The zero-order valence-electron chi connectivity index (χ0n) is 18.0. The summed E-state index contributed by atoms with van der Waals surface area (Å²) in [5.41, 5.74) is 1.78. The maximum absolute atomic E-state index is 13.6. The van der Waals surface area contributed by atoms with Crippen molar-refractivity contribution in [2.24, 2.45) is 5.92 Å². The van der Waals surface area contributed by atoms with Crippen LogP contribution in [0.3, 0.4) is 0 Å². The molecule has 2 aromatic carbocycles. The Kier molecular flexibility index (Phi) is 7.44. The van der Waals surface area contributed by atoms with Crippen molar-refractivity contribution in [1.29, 1.82) is 5.26 Å². The number of nitrogens with one attached hydrogen (secondary N) is 1. The first-order valence-corrected chi connectivity index (χ1v) is 12.6. The van der Waals surface area contributed by atoms with Crippen molar-refractivity contribution in [3.63, 3.8) is 0 Å². The summed E-state index contributed by atoms with van der Waals surface area (Å²) in [5.74, 6) is 1.18. The molecule has 5 nitrogen and oxygen atoms in total. The number of nitrogens with zero attached hydrogens (tertiary/aromatic N) is 2. The molecule has 0 aromatic heterocycles. The average molecular weight is 512 g/mol. The number of hydrogen-bond acceptors (Lipinski definition) is 5. The second kappa shape index (κ2) is 10.5. The number of thioether (sulfide) groups is 1. The number of anilines is 1. The van der Waals surface area contributed by atoms with Crippen LogP contribution in [0.5, 0.6) is 5.75 Å². The van der Waals surface area contributed by atoms with Crippen molar-refractivity contribution in [1.82, 2.24) is 4.90 Å². The van der Waals surface area contributed by atoms with E-state index in [-0.39, 0.29) is 24.1 Å². The highest BCUT2D eigenvalue weighted by Gasteiger charge is 2.42. The first-order chi connectivity index (χ1) is 15.6. The number of carbonyl (C=O) groups is 1. The van der Waals surface area contributed by atoms with Crippen molar-refractivity contribution in [2.75, 3.05) is 11.9 Å². The van der Waals surface area contributed by atoms with E-state index in [0.717, 1.165) is 39.9 Å². The molecule has 2 aliphatic rings. The lowest BCUT2D eigenvalue weighted by Gasteiger charge is -2.39. The van der Waals surface area contributed by atoms with Gasteiger partial charge in [-0.2, -0.15) is 5.26 Å². The number of benzene rings is 2. The normalized spacial score (nSPS) is 24.4. The van der Waals surface area contributed by atoms with Crippen LogP contribution in [0.25, 0.3) is 6.08 Å². The van der Waals surface area contributed by atoms with Crippen LogP contribution in [0, 0.1) is 17.2 Å². The summed E-state index contributed by atoms with van der Waals surface area (Å²) in [5, 5.41) is 12.3. The average Bonchev–Trinajstić information content (AvgIpc) is 3.08. The molecule has 1 heterocycles. The molecule has 166 valence electrons. The zero-order valence-corrected chi connectivity index (χ0v) is 20.4. The Morgan fingerprint density at radius 1 is 1.25 bits per heavy atom. The fraction of sp³-hybridized carbons (Fsp3) is 0.360. The van der Waals surface area contributed by atoms with Crippen molar-refractivity contribution < 1.29 is 9.53 Å². The van der Waals surface area contributed by atoms with Gasteiger partial charge < -0.3 is 15.0 Å². The van der Waals surface area contributed by atoms with Crippen LogP contribution in [0.2, 0.25) is 0 Å². The minimum atomic E-state index is -0.136. The summed E-state index contributed by atoms with van der Waals surface area (Å²) in [6.45, 7) is 2.26. The Morgan fingerprint density at radius 2 is 2.03 bits per heavy atom. The lowest BCUT2D eigenvalue weighted by atomic mass is 9.85. The van der Waals surface area contributed by atoms with E-state index in [0.29, 0.717) is 11.7 Å². The van der Waals surface area contributed by atoms with E-state index in [1.54, 1.807) is 11.8 Å². The van der Waals surface area contributed by atoms with Gasteiger partial charge in [0.25, 0.3) is 5.91 Å². The predicted octanol–water partition coefficient (Wildman–Crippen LogP) is 6.24. The molecule has 0 radical (unpaired) electrons. The van der Waals surface area contributed by atoms with Gasteiger partial charge in [0.05, 0.1) is 9.38 Å². The third-order valence-corrected chi connectivity index (χ3v) is 7.70. The minimum absolute atomic E-state index is 0.00522. The summed E-state index contributed by atoms with van der Waals surface area (Å²) in [7, 11) is 0. The van der Waals surface area contributed by atoms with Crippen molar-refractivity contribution in [2.45, 2.75) is 44.1 Å². The first kappa shape index (κ1) is 22.8. The molecule has 3 atom stereocenters. The van der Waals surface area contributed by atoms with Gasteiger partial charge in [-0.3, -0.25) is 4.79 Å². The second-order valence-electron chi connectivity index (χ2n) is 8.17. The fourth-order valence-electron chi connectivity index (χ4n) is 4.35. The summed E-state index contributed by atoms with van der Waals surface area (Å²) < 4.78 is 6.16. The highest BCUT2D eigenvalue weighted by Crippen LogP contribution is 2.42. The predicted molar refractivity (Wildman–Crippen MR) is 133 cm³/mol. The third-order valence-electron chi connectivity index (χ3n) is 5.97. The molecular formula is C25H26BrN3O2S. The van der Waals surface area contributed by atoms with E-state index in [2.05, 4.69) is 33.1 Å². The number of rotatable bonds is 6. The van der Waals surface area contributed by atoms with Gasteiger partial charge in [0, 0.05) is 11.7 Å². The molecule has 1 N–H and O–H groups in total. The van der Waals surface area contributed by atoms with Gasteiger partial charge >= 0.3 is 0 Å². The van der Waals surface area contributed by atoms with Gasteiger partial charge in [-0.25, -0.2) is 0 Å². The van der Waals surface area contributed by atoms with E-state index >= 15 is 0 Å². The van der Waals surface area contributed by atoms with E-state index in [4.69, 9.17) is 10.00 Å². The molecule has 2 aromatic rings. The zero-order chi connectivity index (χ0) is 22.5. The SMILES string of the molecule is C[C@H]1CCCC[C@H]1N1C(=O)/C(=C/c2ccc(OCC#N)c(Br)c2)SC1Nc1ccccc1. The van der Waals surface area contributed by atoms with E-state index in [1.165, 1.54) is 6.42 Å². The number of carbonyl (C=O) groups excluding carboxylic acids is 1. The largest absolute Gasteiger partial charge is 0.478 e. The van der Waals surface area contributed by atoms with Crippen LogP contribution in [0.15, 0.2) is 57.9 Å². The molecular weight excluding hydrogens is 486 g/mol. The topological polar surface area (TPSA) is 65.4 Å². The van der Waals surface area contributed by atoms with Crippen LogP contribution in [-0.4, -0.2) is 29.0 Å². The maximum atomic E-state index is 13.6. The molecule has 1 saturated carbocycles. The highest BCUT2D eigenvalue weighted by molar-refractivity contribution is 9.10. The number of nitriles is 1. The molecule has 1 unspecified atom stereocenters. The van der Waals surface area contributed by atoms with Crippen LogP contribution in [0.1, 0.15) is 38.2 Å².